The van der Waals surface area contributed by atoms with Crippen molar-refractivity contribution in [2.24, 2.45) is 5.92 Å². The van der Waals surface area contributed by atoms with Gasteiger partial charge in [0.2, 0.25) is 0 Å². The highest BCUT2D eigenvalue weighted by molar-refractivity contribution is 4.91. The van der Waals surface area contributed by atoms with Crippen molar-refractivity contribution < 1.29 is 5.11 Å². The summed E-state index contributed by atoms with van der Waals surface area (Å²) in [4.78, 5) is 0. The van der Waals surface area contributed by atoms with Gasteiger partial charge in [-0.15, -0.1) is 0 Å². The van der Waals surface area contributed by atoms with Gasteiger partial charge >= 0.3 is 0 Å². The summed E-state index contributed by atoms with van der Waals surface area (Å²) in [5.41, 5.74) is -0.510. The van der Waals surface area contributed by atoms with E-state index < -0.39 is 5.60 Å². The van der Waals surface area contributed by atoms with Crippen LogP contribution in [0.1, 0.15) is 59.3 Å². The molecule has 0 aromatic carbocycles. The summed E-state index contributed by atoms with van der Waals surface area (Å²) in [5.74, 6) is 0.758. The predicted octanol–water partition coefficient (Wildman–Crippen LogP) is 2.71. The fourth-order valence-electron chi connectivity index (χ4n) is 2.49. The number of rotatable bonds is 5. The highest BCUT2D eigenvalue weighted by Crippen LogP contribution is 2.27. The van der Waals surface area contributed by atoms with Crippen molar-refractivity contribution in [3.63, 3.8) is 0 Å². The first-order valence-electron chi connectivity index (χ1n) is 6.52. The van der Waals surface area contributed by atoms with Crippen molar-refractivity contribution >= 4 is 0 Å². The van der Waals surface area contributed by atoms with Gasteiger partial charge < -0.3 is 10.4 Å². The molecule has 2 nitrogen and oxygen atoms in total. The summed E-state index contributed by atoms with van der Waals surface area (Å²) in [6.45, 7) is 7.56. The van der Waals surface area contributed by atoms with E-state index in [1.807, 2.05) is 6.92 Å². The molecule has 1 rings (SSSR count). The van der Waals surface area contributed by atoms with Gasteiger partial charge in [0.05, 0.1) is 5.60 Å². The molecular weight excluding hydrogens is 186 g/mol. The van der Waals surface area contributed by atoms with Gasteiger partial charge in [0.1, 0.15) is 0 Å². The van der Waals surface area contributed by atoms with Crippen LogP contribution in [0.4, 0.5) is 0 Å². The predicted molar refractivity (Wildman–Crippen MR) is 65.0 cm³/mol. The molecule has 0 aliphatic carbocycles. The fourth-order valence-corrected chi connectivity index (χ4v) is 2.49. The quantitative estimate of drug-likeness (QED) is 0.688. The van der Waals surface area contributed by atoms with E-state index in [1.165, 1.54) is 19.3 Å². The molecule has 3 atom stereocenters. The number of nitrogens with one attached hydrogen (secondary N) is 1. The second kappa shape index (κ2) is 5.86. The van der Waals surface area contributed by atoms with Crippen LogP contribution in [-0.4, -0.2) is 23.3 Å². The summed E-state index contributed by atoms with van der Waals surface area (Å²) >= 11 is 0. The first kappa shape index (κ1) is 13.0. The summed E-state index contributed by atoms with van der Waals surface area (Å²) < 4.78 is 0. The van der Waals surface area contributed by atoms with Crippen molar-refractivity contribution in [3.8, 4) is 0 Å². The van der Waals surface area contributed by atoms with Crippen molar-refractivity contribution in [2.45, 2.75) is 70.9 Å². The Bertz CT molecular complexity index is 179. The third-order valence-corrected chi connectivity index (χ3v) is 3.70. The summed E-state index contributed by atoms with van der Waals surface area (Å²) in [5, 5.41) is 13.9. The highest BCUT2D eigenvalue weighted by atomic mass is 16.3. The van der Waals surface area contributed by atoms with E-state index >= 15 is 0 Å². The molecule has 1 aliphatic rings. The normalized spacial score (nSPS) is 31.2. The van der Waals surface area contributed by atoms with E-state index in [-0.39, 0.29) is 0 Å². The number of unbranched alkanes of at least 4 members (excludes halogenated alkanes) is 2. The van der Waals surface area contributed by atoms with Crippen molar-refractivity contribution in [3.05, 3.63) is 0 Å². The van der Waals surface area contributed by atoms with Crippen LogP contribution in [0, 0.1) is 5.92 Å². The maximum atomic E-state index is 10.4. The van der Waals surface area contributed by atoms with Gasteiger partial charge in [-0.1, -0.05) is 33.1 Å². The Morgan fingerprint density at radius 2 is 2.13 bits per heavy atom. The molecular formula is C13H27NO. The third kappa shape index (κ3) is 4.12. The Hall–Kier alpha value is -0.0800. The van der Waals surface area contributed by atoms with Gasteiger partial charge in [-0.2, -0.15) is 0 Å². The SMILES string of the molecule is CCCCCC(C)(O)C1CC(C)CCN1. The van der Waals surface area contributed by atoms with Crippen LogP contribution in [0.5, 0.6) is 0 Å². The van der Waals surface area contributed by atoms with Gasteiger partial charge in [0.25, 0.3) is 0 Å². The van der Waals surface area contributed by atoms with Gasteiger partial charge in [-0.3, -0.25) is 0 Å². The minimum atomic E-state index is -0.510. The average molecular weight is 213 g/mol. The zero-order chi connectivity index (χ0) is 11.3. The van der Waals surface area contributed by atoms with Crippen molar-refractivity contribution in [2.75, 3.05) is 6.54 Å². The fraction of sp³-hybridized carbons (Fsp3) is 1.00. The summed E-state index contributed by atoms with van der Waals surface area (Å²) in [6, 6.07) is 0.304. The topological polar surface area (TPSA) is 32.3 Å². The van der Waals surface area contributed by atoms with Crippen molar-refractivity contribution in [1.29, 1.82) is 0 Å². The van der Waals surface area contributed by atoms with Crippen LogP contribution in [0.25, 0.3) is 0 Å². The number of aliphatic hydroxyl groups is 1. The van der Waals surface area contributed by atoms with E-state index in [0.29, 0.717) is 6.04 Å². The van der Waals surface area contributed by atoms with E-state index in [2.05, 4.69) is 19.2 Å². The Kier molecular flexibility index (Phi) is 5.07. The molecule has 90 valence electrons. The Labute approximate surface area is 94.5 Å². The van der Waals surface area contributed by atoms with Crippen molar-refractivity contribution in [1.82, 2.24) is 5.32 Å². The zero-order valence-electron chi connectivity index (χ0n) is 10.6. The summed E-state index contributed by atoms with van der Waals surface area (Å²) in [7, 11) is 0. The Balaban J connectivity index is 2.37. The van der Waals surface area contributed by atoms with Crippen LogP contribution in [0.15, 0.2) is 0 Å². The molecule has 1 aliphatic heterocycles. The molecule has 1 fully saturated rings. The second-order valence-electron chi connectivity index (χ2n) is 5.45. The van der Waals surface area contributed by atoms with Gasteiger partial charge in [0, 0.05) is 6.04 Å². The number of hydrogen-bond donors (Lipinski definition) is 2. The standard InChI is InChI=1S/C13H27NO/c1-4-5-6-8-13(3,15)12-10-11(2)7-9-14-12/h11-12,14-15H,4-10H2,1-3H3. The maximum Gasteiger partial charge on any atom is 0.0772 e. The number of piperidine rings is 1. The molecule has 15 heavy (non-hydrogen) atoms. The lowest BCUT2D eigenvalue weighted by Crippen LogP contribution is -2.52. The van der Waals surface area contributed by atoms with Crippen LogP contribution in [0.3, 0.4) is 0 Å². The first-order chi connectivity index (χ1) is 7.06. The third-order valence-electron chi connectivity index (χ3n) is 3.70. The average Bonchev–Trinajstić information content (AvgIpc) is 2.18. The Morgan fingerprint density at radius 3 is 2.73 bits per heavy atom. The zero-order valence-corrected chi connectivity index (χ0v) is 10.6. The van der Waals surface area contributed by atoms with Crippen LogP contribution in [-0.2, 0) is 0 Å². The highest BCUT2D eigenvalue weighted by Gasteiger charge is 2.33. The van der Waals surface area contributed by atoms with Crippen LogP contribution in [0.2, 0.25) is 0 Å². The van der Waals surface area contributed by atoms with E-state index in [1.54, 1.807) is 0 Å². The smallest absolute Gasteiger partial charge is 0.0772 e. The molecule has 0 saturated carbocycles. The lowest BCUT2D eigenvalue weighted by atomic mass is 9.82. The van der Waals surface area contributed by atoms with E-state index in [9.17, 15) is 5.11 Å². The molecule has 1 heterocycles. The van der Waals surface area contributed by atoms with Crippen LogP contribution >= 0.6 is 0 Å². The second-order valence-corrected chi connectivity index (χ2v) is 5.45. The lowest BCUT2D eigenvalue weighted by molar-refractivity contribution is -0.00619. The maximum absolute atomic E-state index is 10.4. The van der Waals surface area contributed by atoms with Gasteiger partial charge in [-0.25, -0.2) is 0 Å². The Morgan fingerprint density at radius 1 is 1.40 bits per heavy atom. The number of hydrogen-bond acceptors (Lipinski definition) is 2. The van der Waals surface area contributed by atoms with Gasteiger partial charge in [0.15, 0.2) is 0 Å². The molecule has 0 bridgehead atoms. The van der Waals surface area contributed by atoms with Crippen LogP contribution < -0.4 is 5.32 Å². The van der Waals surface area contributed by atoms with E-state index in [4.69, 9.17) is 0 Å². The molecule has 0 amide bonds. The molecule has 0 spiro atoms. The van der Waals surface area contributed by atoms with E-state index in [0.717, 1.165) is 31.7 Å². The molecule has 2 N–H and O–H groups in total. The molecule has 1 saturated heterocycles. The summed E-state index contributed by atoms with van der Waals surface area (Å²) in [6.07, 6.45) is 6.92. The molecule has 0 aromatic heterocycles. The minimum absolute atomic E-state index is 0.304. The minimum Gasteiger partial charge on any atom is -0.389 e. The molecule has 0 radical (unpaired) electrons. The molecule has 0 aromatic rings. The van der Waals surface area contributed by atoms with Gasteiger partial charge in [-0.05, 0) is 38.6 Å². The molecule has 3 unspecified atom stereocenters. The first-order valence-corrected chi connectivity index (χ1v) is 6.52. The lowest BCUT2D eigenvalue weighted by Gasteiger charge is -2.38. The monoisotopic (exact) mass is 213 g/mol. The largest absolute Gasteiger partial charge is 0.389 e. The molecule has 2 heteroatoms.